The van der Waals surface area contributed by atoms with Crippen molar-refractivity contribution in [1.82, 2.24) is 10.6 Å². The van der Waals surface area contributed by atoms with Crippen LogP contribution in [0.15, 0.2) is 54.6 Å². The third-order valence-corrected chi connectivity index (χ3v) is 6.00. The van der Waals surface area contributed by atoms with Gasteiger partial charge in [-0.25, -0.2) is 4.39 Å². The van der Waals surface area contributed by atoms with Gasteiger partial charge in [-0.1, -0.05) is 13.0 Å². The summed E-state index contributed by atoms with van der Waals surface area (Å²) in [5, 5.41) is 8.68. The van der Waals surface area contributed by atoms with Crippen LogP contribution in [0, 0.1) is 12.7 Å². The Labute approximate surface area is 217 Å². The largest absolute Gasteiger partial charge is 0.496 e. The minimum atomic E-state index is -0.680. The first-order chi connectivity index (χ1) is 17.8. The first-order valence-corrected chi connectivity index (χ1v) is 12.3. The second-order valence-corrected chi connectivity index (χ2v) is 8.58. The van der Waals surface area contributed by atoms with Crippen molar-refractivity contribution >= 4 is 17.5 Å². The summed E-state index contributed by atoms with van der Waals surface area (Å²) in [6, 6.07) is 14.8. The zero-order valence-electron chi connectivity index (χ0n) is 21.9. The third-order valence-electron chi connectivity index (χ3n) is 6.00. The van der Waals surface area contributed by atoms with Gasteiger partial charge in [-0.3, -0.25) is 9.59 Å². The van der Waals surface area contributed by atoms with E-state index in [2.05, 4.69) is 16.0 Å². The number of carbonyl (C=O) groups is 2. The predicted molar refractivity (Wildman–Crippen MR) is 144 cm³/mol. The highest BCUT2D eigenvalue weighted by atomic mass is 19.1. The topological polar surface area (TPSA) is 88.7 Å². The van der Waals surface area contributed by atoms with Crippen molar-refractivity contribution in [2.75, 3.05) is 26.1 Å². The number of hydrogen-bond donors (Lipinski definition) is 3. The highest BCUT2D eigenvalue weighted by Crippen LogP contribution is 2.30. The van der Waals surface area contributed by atoms with E-state index in [1.54, 1.807) is 31.4 Å². The molecule has 3 aromatic carbocycles. The standard InChI is InChI=1S/C29H34FN3O4/c1-6-26(29(35)31-4)33-28(34)21-13-19(17-32-22-9-8-18(3)27(15-22)36-5)12-20(14-21)24-16-23(37-7-2)10-11-25(24)30/h8-16,26,32H,6-7,17H2,1-5H3,(H,31,35)(H,33,34)/t26-/m0/s1. The van der Waals surface area contributed by atoms with Crippen molar-refractivity contribution in [3.63, 3.8) is 0 Å². The molecule has 0 unspecified atom stereocenters. The zero-order valence-corrected chi connectivity index (χ0v) is 21.9. The van der Waals surface area contributed by atoms with Crippen molar-refractivity contribution in [2.45, 2.75) is 39.8 Å². The van der Waals surface area contributed by atoms with Crippen molar-refractivity contribution in [3.05, 3.63) is 77.1 Å². The maximum atomic E-state index is 14.9. The number of carbonyl (C=O) groups excluding carboxylic acids is 2. The van der Waals surface area contributed by atoms with E-state index in [1.807, 2.05) is 45.0 Å². The smallest absolute Gasteiger partial charge is 0.251 e. The third kappa shape index (κ3) is 7.00. The number of rotatable bonds is 11. The molecule has 196 valence electrons. The van der Waals surface area contributed by atoms with Gasteiger partial charge in [0.1, 0.15) is 23.4 Å². The number of halogens is 1. The Morgan fingerprint density at radius 1 is 1.03 bits per heavy atom. The molecule has 0 aliphatic rings. The molecule has 0 aliphatic carbocycles. The van der Waals surface area contributed by atoms with E-state index >= 15 is 0 Å². The molecule has 0 radical (unpaired) electrons. The number of benzene rings is 3. The fourth-order valence-corrected chi connectivity index (χ4v) is 3.97. The molecule has 0 aliphatic heterocycles. The van der Waals surface area contributed by atoms with Crippen LogP contribution in [0.1, 0.15) is 41.8 Å². The number of hydrogen-bond acceptors (Lipinski definition) is 5. The molecule has 1 atom stereocenters. The van der Waals surface area contributed by atoms with Gasteiger partial charge in [0, 0.05) is 36.5 Å². The fourth-order valence-electron chi connectivity index (χ4n) is 3.97. The number of ether oxygens (including phenoxy) is 2. The second kappa shape index (κ2) is 12.8. The Bertz CT molecular complexity index is 1260. The summed E-state index contributed by atoms with van der Waals surface area (Å²) in [7, 11) is 3.14. The molecule has 37 heavy (non-hydrogen) atoms. The molecule has 7 nitrogen and oxygen atoms in total. The Morgan fingerprint density at radius 2 is 1.81 bits per heavy atom. The van der Waals surface area contributed by atoms with Gasteiger partial charge >= 0.3 is 0 Å². The van der Waals surface area contributed by atoms with Crippen LogP contribution in [-0.4, -0.2) is 38.6 Å². The second-order valence-electron chi connectivity index (χ2n) is 8.58. The number of likely N-dealkylation sites (N-methyl/N-ethyl adjacent to an activating group) is 1. The average Bonchev–Trinajstić information content (AvgIpc) is 2.91. The summed E-state index contributed by atoms with van der Waals surface area (Å²) < 4.78 is 25.9. The molecule has 0 aromatic heterocycles. The first-order valence-electron chi connectivity index (χ1n) is 12.3. The van der Waals surface area contributed by atoms with Gasteiger partial charge in [0.2, 0.25) is 5.91 Å². The highest BCUT2D eigenvalue weighted by Gasteiger charge is 2.20. The Hall–Kier alpha value is -4.07. The van der Waals surface area contributed by atoms with Crippen LogP contribution in [0.4, 0.5) is 10.1 Å². The summed E-state index contributed by atoms with van der Waals surface area (Å²) in [5.41, 5.74) is 3.78. The summed E-state index contributed by atoms with van der Waals surface area (Å²) in [6.07, 6.45) is 0.430. The number of anilines is 1. The summed E-state index contributed by atoms with van der Waals surface area (Å²) in [6.45, 7) is 6.45. The zero-order chi connectivity index (χ0) is 26.9. The number of aryl methyl sites for hydroxylation is 1. The van der Waals surface area contributed by atoms with E-state index in [4.69, 9.17) is 9.47 Å². The molecule has 0 heterocycles. The van der Waals surface area contributed by atoms with Crippen LogP contribution in [0.3, 0.4) is 0 Å². The monoisotopic (exact) mass is 507 g/mol. The summed E-state index contributed by atoms with van der Waals surface area (Å²) in [4.78, 5) is 25.3. The van der Waals surface area contributed by atoms with Crippen LogP contribution < -0.4 is 25.4 Å². The van der Waals surface area contributed by atoms with Crippen LogP contribution in [-0.2, 0) is 11.3 Å². The minimum Gasteiger partial charge on any atom is -0.496 e. The lowest BCUT2D eigenvalue weighted by atomic mass is 9.98. The lowest BCUT2D eigenvalue weighted by Gasteiger charge is -2.17. The van der Waals surface area contributed by atoms with Gasteiger partial charge in [-0.15, -0.1) is 0 Å². The van der Waals surface area contributed by atoms with Crippen molar-refractivity contribution in [2.24, 2.45) is 0 Å². The van der Waals surface area contributed by atoms with Gasteiger partial charge in [0.25, 0.3) is 5.91 Å². The molecule has 3 aromatic rings. The maximum Gasteiger partial charge on any atom is 0.251 e. The van der Waals surface area contributed by atoms with E-state index in [0.29, 0.717) is 42.0 Å². The molecule has 0 bridgehead atoms. The van der Waals surface area contributed by atoms with Gasteiger partial charge in [-0.2, -0.15) is 0 Å². The van der Waals surface area contributed by atoms with Crippen molar-refractivity contribution in [3.8, 4) is 22.6 Å². The van der Waals surface area contributed by atoms with Gasteiger partial charge in [0.05, 0.1) is 13.7 Å². The molecule has 0 spiro atoms. The number of amides is 2. The molecule has 0 saturated heterocycles. The number of methoxy groups -OCH3 is 1. The molecule has 0 saturated carbocycles. The quantitative estimate of drug-likeness (QED) is 0.337. The van der Waals surface area contributed by atoms with E-state index in [0.717, 1.165) is 22.6 Å². The van der Waals surface area contributed by atoms with Crippen LogP contribution in [0.2, 0.25) is 0 Å². The van der Waals surface area contributed by atoms with Gasteiger partial charge < -0.3 is 25.4 Å². The highest BCUT2D eigenvalue weighted by molar-refractivity contribution is 5.98. The molecule has 8 heteroatoms. The van der Waals surface area contributed by atoms with Gasteiger partial charge in [0.15, 0.2) is 0 Å². The van der Waals surface area contributed by atoms with Crippen molar-refractivity contribution in [1.29, 1.82) is 0 Å². The Balaban J connectivity index is 1.99. The molecule has 3 rings (SSSR count). The predicted octanol–water partition coefficient (Wildman–Crippen LogP) is 5.07. The molecule has 2 amide bonds. The lowest BCUT2D eigenvalue weighted by molar-refractivity contribution is -0.122. The van der Waals surface area contributed by atoms with E-state index < -0.39 is 17.8 Å². The summed E-state index contributed by atoms with van der Waals surface area (Å²) >= 11 is 0. The van der Waals surface area contributed by atoms with Crippen LogP contribution in [0.25, 0.3) is 11.1 Å². The average molecular weight is 508 g/mol. The van der Waals surface area contributed by atoms with Crippen molar-refractivity contribution < 1.29 is 23.5 Å². The number of nitrogens with one attached hydrogen (secondary N) is 3. The fraction of sp³-hybridized carbons (Fsp3) is 0.310. The minimum absolute atomic E-state index is 0.280. The van der Waals surface area contributed by atoms with Gasteiger partial charge in [-0.05, 0) is 79.4 Å². The Kier molecular flexibility index (Phi) is 9.49. The van der Waals surface area contributed by atoms with Crippen LogP contribution >= 0.6 is 0 Å². The normalized spacial score (nSPS) is 11.4. The Morgan fingerprint density at radius 3 is 2.49 bits per heavy atom. The molecule has 3 N–H and O–H groups in total. The molecular weight excluding hydrogens is 473 g/mol. The van der Waals surface area contributed by atoms with E-state index in [1.165, 1.54) is 13.1 Å². The maximum absolute atomic E-state index is 14.9. The molecular formula is C29H34FN3O4. The van der Waals surface area contributed by atoms with Crippen LogP contribution in [0.5, 0.6) is 11.5 Å². The SMILES string of the molecule is CCOc1ccc(F)c(-c2cc(CNc3ccc(C)c(OC)c3)cc(C(=O)N[C@@H](CC)C(=O)NC)c2)c1. The van der Waals surface area contributed by atoms with E-state index in [9.17, 15) is 14.0 Å². The molecule has 0 fully saturated rings. The van der Waals surface area contributed by atoms with E-state index in [-0.39, 0.29) is 5.91 Å². The first kappa shape index (κ1) is 27.5. The summed E-state index contributed by atoms with van der Waals surface area (Å²) in [5.74, 6) is 0.161. The lowest BCUT2D eigenvalue weighted by Crippen LogP contribution is -2.45.